The van der Waals surface area contributed by atoms with Crippen LogP contribution in [0.3, 0.4) is 0 Å². The number of fused-ring (bicyclic) bond motifs is 1. The Bertz CT molecular complexity index is 953. The van der Waals surface area contributed by atoms with Gasteiger partial charge in [-0.05, 0) is 34.1 Å². The van der Waals surface area contributed by atoms with Crippen LogP contribution in [0, 0.1) is 0 Å². The third-order valence-corrected chi connectivity index (χ3v) is 4.42. The Morgan fingerprint density at radius 1 is 1.17 bits per heavy atom. The van der Waals surface area contributed by atoms with Gasteiger partial charge in [-0.3, -0.25) is 0 Å². The molecule has 0 amide bonds. The number of hydrogen-bond donors (Lipinski definition) is 1. The molecule has 0 aliphatic carbocycles. The van der Waals surface area contributed by atoms with Crippen LogP contribution in [0.4, 0.5) is 13.2 Å². The van der Waals surface area contributed by atoms with Gasteiger partial charge in [-0.2, -0.15) is 18.3 Å². The molecule has 0 bridgehead atoms. The van der Waals surface area contributed by atoms with Gasteiger partial charge in [-0.1, -0.05) is 28.1 Å². The molecule has 0 fully saturated rings. The summed E-state index contributed by atoms with van der Waals surface area (Å²) >= 11 is 6.22. The van der Waals surface area contributed by atoms with E-state index < -0.39 is 23.5 Å². The summed E-state index contributed by atoms with van der Waals surface area (Å²) in [7, 11) is 0. The third-order valence-electron chi connectivity index (χ3n) is 3.17. The SMILES string of the molecule is O=C(O)c1nn2c(C(F)(F)F)cc(-c3ccc(Br)cc3)nc2c1Br. The highest BCUT2D eigenvalue weighted by atomic mass is 79.9. The molecule has 2 aromatic heterocycles. The lowest BCUT2D eigenvalue weighted by molar-refractivity contribution is -0.142. The molecule has 1 aromatic carbocycles. The number of hydrogen-bond acceptors (Lipinski definition) is 3. The third kappa shape index (κ3) is 2.91. The van der Waals surface area contributed by atoms with Crippen molar-refractivity contribution in [1.29, 1.82) is 0 Å². The number of carboxylic acids is 1. The molecular formula is C14H6Br2F3N3O2. The average molecular weight is 465 g/mol. The van der Waals surface area contributed by atoms with Crippen LogP contribution in [-0.4, -0.2) is 25.7 Å². The van der Waals surface area contributed by atoms with Gasteiger partial charge in [0.25, 0.3) is 0 Å². The number of aromatic nitrogens is 3. The van der Waals surface area contributed by atoms with Crippen LogP contribution in [-0.2, 0) is 6.18 Å². The van der Waals surface area contributed by atoms with Gasteiger partial charge in [0, 0.05) is 10.0 Å². The zero-order valence-corrected chi connectivity index (χ0v) is 14.6. The molecule has 10 heteroatoms. The maximum atomic E-state index is 13.4. The van der Waals surface area contributed by atoms with Crippen molar-refractivity contribution >= 4 is 43.5 Å². The summed E-state index contributed by atoms with van der Waals surface area (Å²) < 4.78 is 41.2. The molecule has 3 rings (SSSR count). The molecule has 0 aliphatic rings. The van der Waals surface area contributed by atoms with Gasteiger partial charge in [0.05, 0.1) is 10.2 Å². The van der Waals surface area contributed by atoms with E-state index in [0.717, 1.165) is 10.5 Å². The zero-order valence-electron chi connectivity index (χ0n) is 11.5. The fourth-order valence-electron chi connectivity index (χ4n) is 2.10. The van der Waals surface area contributed by atoms with Gasteiger partial charge in [-0.15, -0.1) is 0 Å². The number of aromatic carboxylic acids is 1. The van der Waals surface area contributed by atoms with Crippen LogP contribution in [0.5, 0.6) is 0 Å². The fourth-order valence-corrected chi connectivity index (χ4v) is 2.87. The summed E-state index contributed by atoms with van der Waals surface area (Å²) in [6.07, 6.45) is -4.73. The van der Waals surface area contributed by atoms with Gasteiger partial charge in [0.2, 0.25) is 0 Å². The second-order valence-corrected chi connectivity index (χ2v) is 6.44. The smallest absolute Gasteiger partial charge is 0.433 e. The summed E-state index contributed by atoms with van der Waals surface area (Å²) in [5.74, 6) is -1.45. The number of nitrogens with zero attached hydrogens (tertiary/aromatic N) is 3. The van der Waals surface area contributed by atoms with E-state index in [1.54, 1.807) is 24.3 Å². The van der Waals surface area contributed by atoms with Crippen LogP contribution < -0.4 is 0 Å². The quantitative estimate of drug-likeness (QED) is 0.600. The minimum Gasteiger partial charge on any atom is -0.476 e. The van der Waals surface area contributed by atoms with E-state index in [2.05, 4.69) is 41.9 Å². The van der Waals surface area contributed by atoms with Crippen molar-refractivity contribution in [3.05, 3.63) is 50.7 Å². The minimum atomic E-state index is -4.73. The molecule has 0 saturated carbocycles. The Kier molecular flexibility index (Phi) is 4.12. The zero-order chi connectivity index (χ0) is 17.6. The Hall–Kier alpha value is -1.94. The highest BCUT2D eigenvalue weighted by Gasteiger charge is 2.36. The van der Waals surface area contributed by atoms with Crippen LogP contribution in [0.1, 0.15) is 16.2 Å². The van der Waals surface area contributed by atoms with Gasteiger partial charge >= 0.3 is 12.1 Å². The standard InChI is InChI=1S/C14H6Br2F3N3O2/c15-7-3-1-6(2-4-7)8-5-9(14(17,18)19)22-12(20-8)10(16)11(21-22)13(23)24/h1-5H,(H,23,24). The lowest BCUT2D eigenvalue weighted by atomic mass is 10.1. The molecule has 5 nitrogen and oxygen atoms in total. The van der Waals surface area contributed by atoms with Crippen LogP contribution >= 0.6 is 31.9 Å². The molecule has 2 heterocycles. The maximum absolute atomic E-state index is 13.4. The van der Waals surface area contributed by atoms with Gasteiger partial charge < -0.3 is 5.11 Å². The molecule has 0 unspecified atom stereocenters. The minimum absolute atomic E-state index is 0.0554. The summed E-state index contributed by atoms with van der Waals surface area (Å²) in [5, 5.41) is 12.6. The first-order valence-electron chi connectivity index (χ1n) is 6.34. The highest BCUT2D eigenvalue weighted by molar-refractivity contribution is 9.11. The lowest BCUT2D eigenvalue weighted by Crippen LogP contribution is -2.14. The summed E-state index contributed by atoms with van der Waals surface area (Å²) in [6, 6.07) is 7.38. The van der Waals surface area contributed by atoms with Crippen molar-refractivity contribution in [1.82, 2.24) is 14.6 Å². The molecule has 0 radical (unpaired) electrons. The van der Waals surface area contributed by atoms with E-state index in [9.17, 15) is 18.0 Å². The van der Waals surface area contributed by atoms with Crippen LogP contribution in [0.2, 0.25) is 0 Å². The first-order chi connectivity index (χ1) is 11.2. The van der Waals surface area contributed by atoms with Crippen molar-refractivity contribution in [3.8, 4) is 11.3 Å². The Morgan fingerprint density at radius 2 is 1.79 bits per heavy atom. The summed E-state index contributed by atoms with van der Waals surface area (Å²) in [6.45, 7) is 0. The second kappa shape index (κ2) is 5.85. The molecular weight excluding hydrogens is 459 g/mol. The summed E-state index contributed by atoms with van der Waals surface area (Å²) in [4.78, 5) is 15.3. The lowest BCUT2D eigenvalue weighted by Gasteiger charge is -2.11. The van der Waals surface area contributed by atoms with Crippen molar-refractivity contribution in [2.45, 2.75) is 6.18 Å². The predicted octanol–water partition coefficient (Wildman–Crippen LogP) is 4.64. The molecule has 0 spiro atoms. The van der Waals surface area contributed by atoms with Crippen molar-refractivity contribution in [3.63, 3.8) is 0 Å². The Balaban J connectivity index is 2.35. The van der Waals surface area contributed by atoms with Crippen molar-refractivity contribution in [2.75, 3.05) is 0 Å². The predicted molar refractivity (Wildman–Crippen MR) is 85.8 cm³/mol. The molecule has 3 aromatic rings. The maximum Gasteiger partial charge on any atom is 0.433 e. The van der Waals surface area contributed by atoms with Crippen molar-refractivity contribution < 1.29 is 23.1 Å². The molecule has 0 aliphatic heterocycles. The number of carbonyl (C=O) groups is 1. The van der Waals surface area contributed by atoms with E-state index in [-0.39, 0.29) is 15.8 Å². The van der Waals surface area contributed by atoms with E-state index in [1.807, 2.05) is 0 Å². The number of benzene rings is 1. The number of carboxylic acid groups (broad SMARTS) is 1. The van der Waals surface area contributed by atoms with Gasteiger partial charge in [0.1, 0.15) is 0 Å². The van der Waals surface area contributed by atoms with E-state index in [1.165, 1.54) is 0 Å². The van der Waals surface area contributed by atoms with E-state index in [4.69, 9.17) is 5.11 Å². The largest absolute Gasteiger partial charge is 0.476 e. The highest BCUT2D eigenvalue weighted by Crippen LogP contribution is 2.34. The second-order valence-electron chi connectivity index (χ2n) is 4.73. The van der Waals surface area contributed by atoms with Crippen LogP contribution in [0.25, 0.3) is 16.9 Å². The number of alkyl halides is 3. The topological polar surface area (TPSA) is 67.5 Å². The number of halogens is 5. The molecule has 1 N–H and O–H groups in total. The fraction of sp³-hybridized carbons (Fsp3) is 0.0714. The first-order valence-corrected chi connectivity index (χ1v) is 7.93. The molecule has 124 valence electrons. The first kappa shape index (κ1) is 16.9. The monoisotopic (exact) mass is 463 g/mol. The molecule has 0 saturated heterocycles. The van der Waals surface area contributed by atoms with Gasteiger partial charge in [-0.25, -0.2) is 14.3 Å². The van der Waals surface area contributed by atoms with Crippen LogP contribution in [0.15, 0.2) is 39.3 Å². The van der Waals surface area contributed by atoms with E-state index >= 15 is 0 Å². The Labute approximate surface area is 149 Å². The van der Waals surface area contributed by atoms with Gasteiger partial charge in [0.15, 0.2) is 17.0 Å². The number of rotatable bonds is 2. The Morgan fingerprint density at radius 3 is 2.33 bits per heavy atom. The molecule has 0 atom stereocenters. The van der Waals surface area contributed by atoms with E-state index in [0.29, 0.717) is 10.1 Å². The normalized spacial score (nSPS) is 11.9. The molecule has 24 heavy (non-hydrogen) atoms. The average Bonchev–Trinajstić information content (AvgIpc) is 2.83. The van der Waals surface area contributed by atoms with Crippen molar-refractivity contribution in [2.24, 2.45) is 0 Å². The summed E-state index contributed by atoms with van der Waals surface area (Å²) in [5.41, 5.74) is -1.37.